The fourth-order valence-corrected chi connectivity index (χ4v) is 2.14. The third-order valence-electron chi connectivity index (χ3n) is 3.48. The summed E-state index contributed by atoms with van der Waals surface area (Å²) < 4.78 is 5.31. The minimum atomic E-state index is -0.0213. The summed E-state index contributed by atoms with van der Waals surface area (Å²) in [6.07, 6.45) is 2.38. The molecule has 25 heavy (non-hydrogen) atoms. The van der Waals surface area contributed by atoms with Crippen molar-refractivity contribution < 1.29 is 9.21 Å². The van der Waals surface area contributed by atoms with Gasteiger partial charge in [0.05, 0.1) is 19.4 Å². The molecule has 0 saturated heterocycles. The Morgan fingerprint density at radius 1 is 1.20 bits per heavy atom. The van der Waals surface area contributed by atoms with Crippen LogP contribution in [-0.2, 0) is 17.8 Å². The largest absolute Gasteiger partial charge is 0.469 e. The number of hydrogen-bond acceptors (Lipinski definition) is 3. The van der Waals surface area contributed by atoms with Gasteiger partial charge in [0.1, 0.15) is 5.76 Å². The number of benzene rings is 1. The maximum Gasteiger partial charge on any atom is 0.241 e. The quantitative estimate of drug-likeness (QED) is 0.585. The topological polar surface area (TPSA) is 69.9 Å². The Morgan fingerprint density at radius 3 is 2.60 bits per heavy atom. The molecule has 1 heterocycles. The molecular formula is C18H23ClN4O2. The molecule has 2 N–H and O–H groups in total. The lowest BCUT2D eigenvalue weighted by Gasteiger charge is -2.14. The molecule has 0 bridgehead atoms. The zero-order chi connectivity index (χ0) is 18.1. The van der Waals surface area contributed by atoms with Crippen molar-refractivity contribution in [1.82, 2.24) is 15.5 Å². The Bertz CT molecular complexity index is 682. The number of guanidine groups is 1. The van der Waals surface area contributed by atoms with Crippen LogP contribution in [0.4, 0.5) is 0 Å². The second kappa shape index (κ2) is 9.74. The van der Waals surface area contributed by atoms with Crippen LogP contribution >= 0.6 is 11.6 Å². The van der Waals surface area contributed by atoms with E-state index >= 15 is 0 Å². The summed E-state index contributed by atoms with van der Waals surface area (Å²) in [7, 11) is 3.44. The number of rotatable bonds is 7. The van der Waals surface area contributed by atoms with Crippen LogP contribution in [-0.4, -0.2) is 44.0 Å². The van der Waals surface area contributed by atoms with Gasteiger partial charge in [-0.1, -0.05) is 23.7 Å². The molecule has 0 unspecified atom stereocenters. The molecule has 0 aliphatic heterocycles. The lowest BCUT2D eigenvalue weighted by atomic mass is 10.2. The first-order valence-corrected chi connectivity index (χ1v) is 8.41. The molecule has 0 aliphatic carbocycles. The number of aliphatic imine (C=N–C) groups is 1. The highest BCUT2D eigenvalue weighted by Crippen LogP contribution is 2.10. The van der Waals surface area contributed by atoms with Crippen molar-refractivity contribution in [2.75, 3.05) is 27.2 Å². The molecule has 0 saturated carbocycles. The van der Waals surface area contributed by atoms with Crippen LogP contribution in [0, 0.1) is 0 Å². The van der Waals surface area contributed by atoms with E-state index in [1.54, 1.807) is 20.4 Å². The van der Waals surface area contributed by atoms with Gasteiger partial charge in [-0.2, -0.15) is 0 Å². The van der Waals surface area contributed by atoms with E-state index in [0.29, 0.717) is 24.1 Å². The van der Waals surface area contributed by atoms with E-state index in [4.69, 9.17) is 16.0 Å². The predicted octanol–water partition coefficient (Wildman–Crippen LogP) is 2.30. The number of furan rings is 1. The average molecular weight is 363 g/mol. The van der Waals surface area contributed by atoms with Crippen LogP contribution < -0.4 is 10.6 Å². The average Bonchev–Trinajstić information content (AvgIpc) is 3.11. The first-order valence-electron chi connectivity index (χ1n) is 8.04. The van der Waals surface area contributed by atoms with Crippen molar-refractivity contribution in [3.05, 3.63) is 59.0 Å². The summed E-state index contributed by atoms with van der Waals surface area (Å²) in [6.45, 7) is 1.32. The molecule has 0 atom stereocenters. The molecule has 1 aromatic carbocycles. The molecule has 6 nitrogen and oxygen atoms in total. The highest BCUT2D eigenvalue weighted by Gasteiger charge is 2.06. The van der Waals surface area contributed by atoms with Crippen LogP contribution in [0.25, 0.3) is 0 Å². The summed E-state index contributed by atoms with van der Waals surface area (Å²) in [5, 5.41) is 6.96. The number of hydrogen-bond donors (Lipinski definition) is 2. The second-order valence-corrected chi connectivity index (χ2v) is 6.13. The Labute approximate surface area is 152 Å². The monoisotopic (exact) mass is 362 g/mol. The molecule has 0 spiro atoms. The zero-order valence-corrected chi connectivity index (χ0v) is 15.2. The fourth-order valence-electron chi connectivity index (χ4n) is 2.01. The van der Waals surface area contributed by atoms with E-state index in [0.717, 1.165) is 17.7 Å². The van der Waals surface area contributed by atoms with Crippen LogP contribution in [0.2, 0.25) is 5.02 Å². The molecule has 0 fully saturated rings. The van der Waals surface area contributed by atoms with Crippen molar-refractivity contribution in [3.63, 3.8) is 0 Å². The van der Waals surface area contributed by atoms with E-state index in [1.807, 2.05) is 36.4 Å². The number of likely N-dealkylation sites (N-methyl/N-ethyl adjacent to an activating group) is 1. The first kappa shape index (κ1) is 18.9. The van der Waals surface area contributed by atoms with Crippen LogP contribution in [0.3, 0.4) is 0 Å². The van der Waals surface area contributed by atoms with Gasteiger partial charge in [0.25, 0.3) is 0 Å². The maximum absolute atomic E-state index is 11.8. The van der Waals surface area contributed by atoms with E-state index in [2.05, 4.69) is 15.6 Å². The summed E-state index contributed by atoms with van der Waals surface area (Å²) in [4.78, 5) is 17.8. The molecule has 2 rings (SSSR count). The Morgan fingerprint density at radius 2 is 1.96 bits per heavy atom. The Kier molecular flexibility index (Phi) is 7.35. The molecule has 2 aromatic rings. The van der Waals surface area contributed by atoms with Gasteiger partial charge in [0.2, 0.25) is 5.91 Å². The van der Waals surface area contributed by atoms with Gasteiger partial charge in [0.15, 0.2) is 5.96 Å². The van der Waals surface area contributed by atoms with E-state index in [-0.39, 0.29) is 12.5 Å². The standard InChI is InChI=1S/C18H23ClN4O2/c1-23(2)17(24)13-22-18(20-10-9-16-4-3-11-25-16)21-12-14-5-7-15(19)8-6-14/h3-8,11H,9-10,12-13H2,1-2H3,(H2,20,21,22). The fraction of sp³-hybridized carbons (Fsp3) is 0.333. The number of nitrogens with zero attached hydrogens (tertiary/aromatic N) is 2. The van der Waals surface area contributed by atoms with Crippen molar-refractivity contribution in [2.45, 2.75) is 13.0 Å². The van der Waals surface area contributed by atoms with Gasteiger partial charge in [-0.15, -0.1) is 0 Å². The number of carbonyl (C=O) groups is 1. The Balaban J connectivity index is 1.92. The van der Waals surface area contributed by atoms with Crippen LogP contribution in [0.15, 0.2) is 52.1 Å². The molecule has 0 aliphatic rings. The Hall–Kier alpha value is -2.47. The third kappa shape index (κ3) is 6.89. The highest BCUT2D eigenvalue weighted by molar-refractivity contribution is 6.30. The number of amides is 1. The second-order valence-electron chi connectivity index (χ2n) is 5.69. The van der Waals surface area contributed by atoms with Gasteiger partial charge in [-0.3, -0.25) is 4.79 Å². The molecule has 7 heteroatoms. The van der Waals surface area contributed by atoms with Gasteiger partial charge >= 0.3 is 0 Å². The predicted molar refractivity (Wildman–Crippen MR) is 99.7 cm³/mol. The van der Waals surface area contributed by atoms with E-state index in [9.17, 15) is 4.79 Å². The molecule has 1 aromatic heterocycles. The van der Waals surface area contributed by atoms with Gasteiger partial charge in [-0.05, 0) is 29.8 Å². The lowest BCUT2D eigenvalue weighted by molar-refractivity contribution is -0.127. The normalized spacial score (nSPS) is 11.2. The summed E-state index contributed by atoms with van der Waals surface area (Å²) in [5.74, 6) is 1.46. The minimum Gasteiger partial charge on any atom is -0.469 e. The first-order chi connectivity index (χ1) is 12.0. The molecular weight excluding hydrogens is 340 g/mol. The smallest absolute Gasteiger partial charge is 0.241 e. The number of nitrogens with one attached hydrogen (secondary N) is 2. The molecule has 0 radical (unpaired) electrons. The summed E-state index contributed by atoms with van der Waals surface area (Å²) >= 11 is 5.89. The number of halogens is 1. The number of carbonyl (C=O) groups excluding carboxylic acids is 1. The summed E-state index contributed by atoms with van der Waals surface area (Å²) in [6, 6.07) is 11.3. The van der Waals surface area contributed by atoms with Crippen molar-refractivity contribution >= 4 is 23.5 Å². The van der Waals surface area contributed by atoms with Crippen molar-refractivity contribution in [1.29, 1.82) is 0 Å². The minimum absolute atomic E-state index is 0.0213. The summed E-state index contributed by atoms with van der Waals surface area (Å²) in [5.41, 5.74) is 1.04. The van der Waals surface area contributed by atoms with Gasteiger partial charge in [0, 0.05) is 32.1 Å². The van der Waals surface area contributed by atoms with Crippen LogP contribution in [0.5, 0.6) is 0 Å². The van der Waals surface area contributed by atoms with Gasteiger partial charge < -0.3 is 20.0 Å². The molecule has 134 valence electrons. The maximum atomic E-state index is 11.8. The lowest BCUT2D eigenvalue weighted by Crippen LogP contribution is -2.43. The van der Waals surface area contributed by atoms with E-state index in [1.165, 1.54) is 4.90 Å². The van der Waals surface area contributed by atoms with Crippen LogP contribution in [0.1, 0.15) is 11.3 Å². The van der Waals surface area contributed by atoms with Crippen molar-refractivity contribution in [2.24, 2.45) is 4.99 Å². The molecule has 1 amide bonds. The zero-order valence-electron chi connectivity index (χ0n) is 14.5. The van der Waals surface area contributed by atoms with Crippen molar-refractivity contribution in [3.8, 4) is 0 Å². The van der Waals surface area contributed by atoms with E-state index < -0.39 is 0 Å². The third-order valence-corrected chi connectivity index (χ3v) is 3.73. The highest BCUT2D eigenvalue weighted by atomic mass is 35.5. The SMILES string of the molecule is CN(C)C(=O)CNC(=NCc1ccc(Cl)cc1)NCCc1ccco1. The van der Waals surface area contributed by atoms with Gasteiger partial charge in [-0.25, -0.2) is 4.99 Å².